The number of halogens is 1. The molecule has 0 aromatic heterocycles. The number of carboxylic acids is 1. The molecule has 2 aromatic rings. The second-order valence-electron chi connectivity index (χ2n) is 7.65. The van der Waals surface area contributed by atoms with E-state index in [-0.39, 0.29) is 18.6 Å². The number of fused-ring (bicyclic) bond motifs is 1. The summed E-state index contributed by atoms with van der Waals surface area (Å²) < 4.78 is 10.9. The lowest BCUT2D eigenvalue weighted by Crippen LogP contribution is -2.22. The Hall–Kier alpha value is -3.52. The number of cyclic esters (lactones) is 1. The zero-order chi connectivity index (χ0) is 24.1. The minimum absolute atomic E-state index is 0.0142. The maximum atomic E-state index is 12.8. The highest BCUT2D eigenvalue weighted by atomic mass is 35.5. The van der Waals surface area contributed by atoms with Gasteiger partial charge in [-0.2, -0.15) is 0 Å². The lowest BCUT2D eigenvalue weighted by Gasteiger charge is -2.20. The van der Waals surface area contributed by atoms with Gasteiger partial charge in [0.25, 0.3) is 0 Å². The van der Waals surface area contributed by atoms with Crippen LogP contribution in [0.15, 0.2) is 35.9 Å². The first-order valence-corrected chi connectivity index (χ1v) is 10.7. The first-order chi connectivity index (χ1) is 15.7. The van der Waals surface area contributed by atoms with Crippen molar-refractivity contribution in [2.24, 2.45) is 0 Å². The third kappa shape index (κ3) is 5.46. The Morgan fingerprint density at radius 1 is 1.24 bits per heavy atom. The topological polar surface area (TPSA) is 114 Å². The summed E-state index contributed by atoms with van der Waals surface area (Å²) in [5, 5.41) is 14.8. The monoisotopic (exact) mass is 472 g/mol. The van der Waals surface area contributed by atoms with Crippen molar-refractivity contribution in [3.05, 3.63) is 63.2 Å². The number of para-hydroxylation sites is 1. The second-order valence-corrected chi connectivity index (χ2v) is 8.06. The summed E-state index contributed by atoms with van der Waals surface area (Å²) in [5.74, 6) is -0.881. The Morgan fingerprint density at radius 2 is 1.97 bits per heavy atom. The number of ether oxygens (including phenoxy) is 2. The lowest BCUT2D eigenvalue weighted by atomic mass is 9.93. The van der Waals surface area contributed by atoms with Crippen molar-refractivity contribution in [1.82, 2.24) is 0 Å². The maximum Gasteiger partial charge on any atom is 0.341 e. The van der Waals surface area contributed by atoms with Crippen LogP contribution in [0.3, 0.4) is 0 Å². The van der Waals surface area contributed by atoms with Crippen molar-refractivity contribution in [2.75, 3.05) is 17.7 Å². The van der Waals surface area contributed by atoms with Crippen LogP contribution in [0.1, 0.15) is 46.8 Å². The Labute approximate surface area is 196 Å². The van der Waals surface area contributed by atoms with Gasteiger partial charge >= 0.3 is 18.0 Å². The number of carboxylic acid groups (broad SMARTS) is 1. The van der Waals surface area contributed by atoms with Gasteiger partial charge in [-0.15, -0.1) is 0 Å². The molecule has 1 aliphatic heterocycles. The van der Waals surface area contributed by atoms with Crippen molar-refractivity contribution >= 4 is 40.9 Å². The molecule has 174 valence electrons. The number of carbonyl (C=O) groups excluding carboxylic acids is 2. The zero-order valence-corrected chi connectivity index (χ0v) is 19.3. The zero-order valence-electron chi connectivity index (χ0n) is 18.6. The summed E-state index contributed by atoms with van der Waals surface area (Å²) in [4.78, 5) is 36.3. The SMILES string of the molecule is COc1c(C)c2c(c(NC(=O)Nc3ccccc3Cl)c1CC=C(C)CCC(=O)O)C(=O)OC2. The van der Waals surface area contributed by atoms with Gasteiger partial charge in [0.05, 0.1) is 29.1 Å². The molecule has 0 saturated carbocycles. The largest absolute Gasteiger partial charge is 0.496 e. The quantitative estimate of drug-likeness (QED) is 0.353. The first-order valence-electron chi connectivity index (χ1n) is 10.3. The predicted molar refractivity (Wildman–Crippen MR) is 125 cm³/mol. The van der Waals surface area contributed by atoms with Crippen LogP contribution in [0.25, 0.3) is 0 Å². The molecule has 0 radical (unpaired) electrons. The number of nitrogens with one attached hydrogen (secondary N) is 2. The van der Waals surface area contributed by atoms with Crippen molar-refractivity contribution < 1.29 is 29.0 Å². The number of allylic oxidation sites excluding steroid dienone is 2. The Morgan fingerprint density at radius 3 is 2.64 bits per heavy atom. The van der Waals surface area contributed by atoms with E-state index in [1.165, 1.54) is 7.11 Å². The van der Waals surface area contributed by atoms with Crippen LogP contribution < -0.4 is 15.4 Å². The van der Waals surface area contributed by atoms with Gasteiger partial charge in [0, 0.05) is 17.5 Å². The highest BCUT2D eigenvalue weighted by molar-refractivity contribution is 6.33. The molecule has 0 fully saturated rings. The normalized spacial score (nSPS) is 12.7. The molecule has 0 saturated heterocycles. The molecule has 3 N–H and O–H groups in total. The molecule has 8 nitrogen and oxygen atoms in total. The molecule has 2 amide bonds. The smallest absolute Gasteiger partial charge is 0.341 e. The average Bonchev–Trinajstić information content (AvgIpc) is 3.16. The van der Waals surface area contributed by atoms with Gasteiger partial charge in [0.2, 0.25) is 0 Å². The number of urea groups is 1. The number of aliphatic carboxylic acids is 1. The third-order valence-electron chi connectivity index (χ3n) is 5.43. The number of carbonyl (C=O) groups is 3. The summed E-state index contributed by atoms with van der Waals surface area (Å²) in [5.41, 5.74) is 3.86. The molecular formula is C24H25ClN2O6. The minimum atomic E-state index is -0.880. The molecule has 2 aromatic carbocycles. The Balaban J connectivity index is 2.01. The summed E-state index contributed by atoms with van der Waals surface area (Å²) in [6.45, 7) is 3.75. The Kier molecular flexibility index (Phi) is 7.60. The van der Waals surface area contributed by atoms with Crippen molar-refractivity contribution in [3.63, 3.8) is 0 Å². The molecule has 0 atom stereocenters. The van der Waals surface area contributed by atoms with Crippen LogP contribution in [-0.4, -0.2) is 30.2 Å². The molecule has 0 bridgehead atoms. The van der Waals surface area contributed by atoms with E-state index in [2.05, 4.69) is 10.6 Å². The fourth-order valence-corrected chi connectivity index (χ4v) is 3.89. The van der Waals surface area contributed by atoms with Crippen LogP contribution in [0.2, 0.25) is 5.02 Å². The van der Waals surface area contributed by atoms with E-state index in [1.54, 1.807) is 24.3 Å². The van der Waals surface area contributed by atoms with E-state index in [0.29, 0.717) is 46.1 Å². The van der Waals surface area contributed by atoms with Crippen molar-refractivity contribution in [3.8, 4) is 5.75 Å². The van der Waals surface area contributed by atoms with E-state index in [4.69, 9.17) is 26.2 Å². The Bertz CT molecular complexity index is 1140. The van der Waals surface area contributed by atoms with Crippen LogP contribution in [0, 0.1) is 6.92 Å². The molecule has 9 heteroatoms. The van der Waals surface area contributed by atoms with Crippen LogP contribution >= 0.6 is 11.6 Å². The van der Waals surface area contributed by atoms with E-state index in [0.717, 1.165) is 11.1 Å². The molecule has 0 aliphatic carbocycles. The van der Waals surface area contributed by atoms with Crippen LogP contribution in [0.4, 0.5) is 16.2 Å². The molecule has 1 aliphatic rings. The number of hydrogen-bond acceptors (Lipinski definition) is 5. The van der Waals surface area contributed by atoms with Crippen molar-refractivity contribution in [1.29, 1.82) is 0 Å². The molecule has 0 unspecified atom stereocenters. The first kappa shape index (κ1) is 24.1. The van der Waals surface area contributed by atoms with E-state index >= 15 is 0 Å². The molecule has 3 rings (SSSR count). The second kappa shape index (κ2) is 10.4. The molecule has 33 heavy (non-hydrogen) atoms. The number of hydrogen-bond donors (Lipinski definition) is 3. The van der Waals surface area contributed by atoms with Gasteiger partial charge in [-0.25, -0.2) is 9.59 Å². The number of esters is 1. The number of amides is 2. The van der Waals surface area contributed by atoms with Gasteiger partial charge in [-0.1, -0.05) is 35.4 Å². The predicted octanol–water partition coefficient (Wildman–Crippen LogP) is 5.33. The average molecular weight is 473 g/mol. The van der Waals surface area contributed by atoms with Gasteiger partial charge in [-0.05, 0) is 44.4 Å². The highest BCUT2D eigenvalue weighted by Crippen LogP contribution is 2.41. The van der Waals surface area contributed by atoms with Crippen molar-refractivity contribution in [2.45, 2.75) is 39.7 Å². The summed E-state index contributed by atoms with van der Waals surface area (Å²) >= 11 is 6.14. The van der Waals surface area contributed by atoms with Crippen LogP contribution in [-0.2, 0) is 22.6 Å². The fraction of sp³-hybridized carbons (Fsp3) is 0.292. The molecule has 0 spiro atoms. The summed E-state index contributed by atoms with van der Waals surface area (Å²) in [6.07, 6.45) is 2.58. The molecule has 1 heterocycles. The molecular weight excluding hydrogens is 448 g/mol. The van der Waals surface area contributed by atoms with Crippen LogP contribution in [0.5, 0.6) is 5.75 Å². The van der Waals surface area contributed by atoms with E-state index < -0.39 is 18.0 Å². The maximum absolute atomic E-state index is 12.8. The summed E-state index contributed by atoms with van der Waals surface area (Å²) in [6, 6.07) is 6.21. The minimum Gasteiger partial charge on any atom is -0.496 e. The number of methoxy groups -OCH3 is 1. The van der Waals surface area contributed by atoms with Gasteiger partial charge in [-0.3, -0.25) is 4.79 Å². The summed E-state index contributed by atoms with van der Waals surface area (Å²) in [7, 11) is 1.52. The number of benzene rings is 2. The number of rotatable bonds is 8. The highest BCUT2D eigenvalue weighted by Gasteiger charge is 2.32. The van der Waals surface area contributed by atoms with Gasteiger partial charge in [0.15, 0.2) is 0 Å². The van der Waals surface area contributed by atoms with Gasteiger partial charge < -0.3 is 25.2 Å². The van der Waals surface area contributed by atoms with Gasteiger partial charge in [0.1, 0.15) is 12.4 Å². The third-order valence-corrected chi connectivity index (χ3v) is 5.75. The van der Waals surface area contributed by atoms with E-state index in [9.17, 15) is 14.4 Å². The van der Waals surface area contributed by atoms with E-state index in [1.807, 2.05) is 19.9 Å². The lowest BCUT2D eigenvalue weighted by molar-refractivity contribution is -0.136. The number of anilines is 2. The standard InChI is InChI=1S/C24H25ClN2O6/c1-13(9-11-19(28)29)8-10-15-21(27-24(31)26-18-7-5-4-6-17(18)25)20-16(12-33-23(20)30)14(2)22(15)32-3/h4-8H,9-12H2,1-3H3,(H,28,29)(H2,26,27,31). The fourth-order valence-electron chi connectivity index (χ4n) is 3.70.